The maximum atomic E-state index is 13.3. The van der Waals surface area contributed by atoms with Crippen molar-refractivity contribution in [2.75, 3.05) is 6.54 Å². The van der Waals surface area contributed by atoms with E-state index in [9.17, 15) is 4.79 Å². The molecule has 0 N–H and O–H groups in total. The summed E-state index contributed by atoms with van der Waals surface area (Å²) in [5.74, 6) is 2.63. The molecule has 5 nitrogen and oxygen atoms in total. The molecule has 0 spiro atoms. The summed E-state index contributed by atoms with van der Waals surface area (Å²) in [5.41, 5.74) is 0.939. The van der Waals surface area contributed by atoms with Crippen molar-refractivity contribution in [1.82, 2.24) is 15.0 Å². The minimum atomic E-state index is -0.0793. The summed E-state index contributed by atoms with van der Waals surface area (Å²) in [4.78, 5) is 19.9. The molecule has 1 amide bonds. The second kappa shape index (κ2) is 6.38. The number of hydrogen-bond acceptors (Lipinski definition) is 4. The topological polar surface area (TPSA) is 59.2 Å². The molecule has 0 radical (unpaired) electrons. The van der Waals surface area contributed by atoms with Gasteiger partial charge in [0.25, 0.3) is 0 Å². The zero-order valence-corrected chi connectivity index (χ0v) is 14.8. The first-order chi connectivity index (χ1) is 12.8. The number of nitrogens with zero attached hydrogens (tertiary/aromatic N) is 3. The molecular weight excluding hydrogens is 326 g/mol. The second-order valence-electron chi connectivity index (χ2n) is 7.75. The molecule has 5 rings (SSSR count). The normalized spacial score (nSPS) is 30.1. The molecule has 5 heteroatoms. The number of piperidine rings is 1. The summed E-state index contributed by atoms with van der Waals surface area (Å²) in [6, 6.07) is 9.76. The third-order valence-corrected chi connectivity index (χ3v) is 6.14. The summed E-state index contributed by atoms with van der Waals surface area (Å²) >= 11 is 0. The number of carbonyl (C=O) groups excluding carboxylic acids is 1. The number of likely N-dealkylation sites (tertiary alicyclic amines) is 1. The van der Waals surface area contributed by atoms with Crippen LogP contribution in [0.4, 0.5) is 0 Å². The van der Waals surface area contributed by atoms with Gasteiger partial charge < -0.3 is 9.42 Å². The molecular formula is C21H23N3O2. The molecule has 2 aromatic rings. The van der Waals surface area contributed by atoms with Crippen molar-refractivity contribution in [2.45, 2.75) is 38.1 Å². The fraction of sp³-hybridized carbons (Fsp3) is 0.476. The molecule has 2 aliphatic carbocycles. The highest BCUT2D eigenvalue weighted by atomic mass is 16.5. The quantitative estimate of drug-likeness (QED) is 0.786. The van der Waals surface area contributed by atoms with E-state index in [1.807, 2.05) is 35.2 Å². The van der Waals surface area contributed by atoms with Crippen LogP contribution in [0.3, 0.4) is 0 Å². The van der Waals surface area contributed by atoms with Gasteiger partial charge in [0.1, 0.15) is 6.04 Å². The van der Waals surface area contributed by atoms with Crippen molar-refractivity contribution >= 4 is 5.91 Å². The standard InChI is InChI=1S/C21H23N3O2/c25-21(17-13-14-9-10-16(17)12-14)24-11-5-4-8-18(24)20-22-19(23-26-20)15-6-2-1-3-7-15/h1-3,6-7,9-10,14,16-18H,4-5,8,11-13H2/t14-,16-,17+,18+/m0/s1. The second-order valence-corrected chi connectivity index (χ2v) is 7.75. The van der Waals surface area contributed by atoms with Crippen LogP contribution in [-0.2, 0) is 4.79 Å². The number of aromatic nitrogens is 2. The van der Waals surface area contributed by atoms with Crippen molar-refractivity contribution in [1.29, 1.82) is 0 Å². The molecule has 2 fully saturated rings. The van der Waals surface area contributed by atoms with Crippen LogP contribution >= 0.6 is 0 Å². The van der Waals surface area contributed by atoms with Crippen LogP contribution in [0.5, 0.6) is 0 Å². The van der Waals surface area contributed by atoms with Gasteiger partial charge in [0, 0.05) is 18.0 Å². The van der Waals surface area contributed by atoms with Crippen LogP contribution in [0.2, 0.25) is 0 Å². The van der Waals surface area contributed by atoms with Crippen LogP contribution in [0, 0.1) is 17.8 Å². The first-order valence-electron chi connectivity index (χ1n) is 9.67. The number of carbonyl (C=O) groups is 1. The minimum Gasteiger partial charge on any atom is -0.337 e. The summed E-state index contributed by atoms with van der Waals surface area (Å²) in [5, 5.41) is 4.16. The maximum Gasteiger partial charge on any atom is 0.249 e. The lowest BCUT2D eigenvalue weighted by atomic mass is 9.90. The molecule has 1 aliphatic heterocycles. The van der Waals surface area contributed by atoms with Gasteiger partial charge in [-0.3, -0.25) is 4.79 Å². The summed E-state index contributed by atoms with van der Waals surface area (Å²) in [7, 11) is 0. The first-order valence-corrected chi connectivity index (χ1v) is 9.67. The van der Waals surface area contributed by atoms with Crippen LogP contribution in [-0.4, -0.2) is 27.5 Å². The monoisotopic (exact) mass is 349 g/mol. The average Bonchev–Trinajstić information content (AvgIpc) is 3.45. The Labute approximate surface area is 153 Å². The lowest BCUT2D eigenvalue weighted by Gasteiger charge is -2.36. The molecule has 1 aromatic carbocycles. The third kappa shape index (κ3) is 2.66. The number of benzene rings is 1. The largest absolute Gasteiger partial charge is 0.337 e. The van der Waals surface area contributed by atoms with Crippen molar-refractivity contribution in [3.63, 3.8) is 0 Å². The highest BCUT2D eigenvalue weighted by Crippen LogP contribution is 2.45. The predicted octanol–water partition coefficient (Wildman–Crippen LogP) is 4.00. The van der Waals surface area contributed by atoms with Crippen LogP contribution in [0.25, 0.3) is 11.4 Å². The number of hydrogen-bond donors (Lipinski definition) is 0. The van der Waals surface area contributed by atoms with E-state index in [1.165, 1.54) is 0 Å². The molecule has 1 saturated heterocycles. The Morgan fingerprint density at radius 2 is 2.00 bits per heavy atom. The van der Waals surface area contributed by atoms with Crippen LogP contribution < -0.4 is 0 Å². The Hall–Kier alpha value is -2.43. The maximum absolute atomic E-state index is 13.3. The Morgan fingerprint density at radius 3 is 2.77 bits per heavy atom. The van der Waals surface area contributed by atoms with Gasteiger partial charge >= 0.3 is 0 Å². The van der Waals surface area contributed by atoms with E-state index in [0.717, 1.165) is 44.2 Å². The molecule has 4 atom stereocenters. The lowest BCUT2D eigenvalue weighted by molar-refractivity contribution is -0.141. The van der Waals surface area contributed by atoms with E-state index in [-0.39, 0.29) is 17.9 Å². The molecule has 134 valence electrons. The van der Waals surface area contributed by atoms with Crippen molar-refractivity contribution in [2.24, 2.45) is 17.8 Å². The molecule has 26 heavy (non-hydrogen) atoms. The first kappa shape index (κ1) is 15.8. The van der Waals surface area contributed by atoms with E-state index in [1.54, 1.807) is 0 Å². The van der Waals surface area contributed by atoms with Crippen LogP contribution in [0.1, 0.15) is 44.0 Å². The molecule has 3 aliphatic rings. The van der Waals surface area contributed by atoms with Gasteiger partial charge in [0.05, 0.1) is 0 Å². The van der Waals surface area contributed by atoms with E-state index in [2.05, 4.69) is 22.3 Å². The van der Waals surface area contributed by atoms with Gasteiger partial charge in [-0.2, -0.15) is 4.98 Å². The zero-order chi connectivity index (χ0) is 17.5. The van der Waals surface area contributed by atoms with E-state index in [0.29, 0.717) is 23.6 Å². The van der Waals surface area contributed by atoms with Crippen molar-refractivity contribution in [3.8, 4) is 11.4 Å². The van der Waals surface area contributed by atoms with Gasteiger partial charge in [0.15, 0.2) is 0 Å². The Morgan fingerprint density at radius 1 is 1.12 bits per heavy atom. The smallest absolute Gasteiger partial charge is 0.249 e. The Kier molecular flexibility index (Phi) is 3.88. The number of allylic oxidation sites excluding steroid dienone is 2. The summed E-state index contributed by atoms with van der Waals surface area (Å²) in [6.45, 7) is 0.796. The van der Waals surface area contributed by atoms with Gasteiger partial charge in [-0.05, 0) is 43.9 Å². The molecule has 1 saturated carbocycles. The molecule has 2 bridgehead atoms. The highest BCUT2D eigenvalue weighted by Gasteiger charge is 2.44. The number of rotatable bonds is 3. The Bertz CT molecular complexity index is 829. The van der Waals surface area contributed by atoms with Gasteiger partial charge in [0.2, 0.25) is 17.6 Å². The SMILES string of the molecule is O=C([C@@H]1C[C@H]2C=C[C@H]1C2)N1CCCC[C@@H]1c1nc(-c2ccccc2)no1. The summed E-state index contributed by atoms with van der Waals surface area (Å²) < 4.78 is 5.59. The molecule has 0 unspecified atom stereocenters. The van der Waals surface area contributed by atoms with Crippen molar-refractivity contribution in [3.05, 3.63) is 48.4 Å². The zero-order valence-electron chi connectivity index (χ0n) is 14.8. The van der Waals surface area contributed by atoms with E-state index < -0.39 is 0 Å². The van der Waals surface area contributed by atoms with Crippen molar-refractivity contribution < 1.29 is 9.32 Å². The van der Waals surface area contributed by atoms with E-state index >= 15 is 0 Å². The van der Waals surface area contributed by atoms with Gasteiger partial charge in [-0.25, -0.2) is 0 Å². The van der Waals surface area contributed by atoms with Gasteiger partial charge in [-0.1, -0.05) is 47.6 Å². The van der Waals surface area contributed by atoms with E-state index in [4.69, 9.17) is 4.52 Å². The average molecular weight is 349 g/mol. The fourth-order valence-electron chi connectivity index (χ4n) is 4.80. The minimum absolute atomic E-state index is 0.0793. The highest BCUT2D eigenvalue weighted by molar-refractivity contribution is 5.80. The molecule has 1 aromatic heterocycles. The fourth-order valence-corrected chi connectivity index (χ4v) is 4.80. The molecule has 2 heterocycles. The number of amides is 1. The number of fused-ring (bicyclic) bond motifs is 2. The Balaban J connectivity index is 1.39. The third-order valence-electron chi connectivity index (χ3n) is 6.14. The van der Waals surface area contributed by atoms with Gasteiger partial charge in [-0.15, -0.1) is 0 Å². The lowest BCUT2D eigenvalue weighted by Crippen LogP contribution is -2.43. The summed E-state index contributed by atoms with van der Waals surface area (Å²) in [6.07, 6.45) is 9.73. The van der Waals surface area contributed by atoms with Crippen LogP contribution in [0.15, 0.2) is 47.0 Å². The predicted molar refractivity (Wildman–Crippen MR) is 96.9 cm³/mol.